The number of hydrogen-bond acceptors (Lipinski definition) is 2. The number of carboxylic acids is 1. The number of carboxylic acid groups (broad SMARTS) is 1. The van der Waals surface area contributed by atoms with Gasteiger partial charge < -0.3 is 15.3 Å². The molecule has 0 aromatic heterocycles. The van der Waals surface area contributed by atoms with Gasteiger partial charge in [0.05, 0.1) is 6.10 Å². The van der Waals surface area contributed by atoms with Crippen molar-refractivity contribution in [2.75, 3.05) is 6.61 Å². The van der Waals surface area contributed by atoms with E-state index in [9.17, 15) is 4.79 Å². The molecule has 4 nitrogen and oxygen atoms in total. The molecule has 1 rings (SSSR count). The maximum atomic E-state index is 10.2. The molecular weight excluding hydrogens is 208 g/mol. The van der Waals surface area contributed by atoms with Gasteiger partial charge in [-0.15, -0.1) is 0 Å². The van der Waals surface area contributed by atoms with Gasteiger partial charge in [0.2, 0.25) is 0 Å². The molecule has 1 saturated heterocycles. The molecule has 0 saturated carbocycles. The van der Waals surface area contributed by atoms with E-state index in [2.05, 4.69) is 0 Å². The van der Waals surface area contributed by atoms with E-state index in [1.807, 2.05) is 0 Å². The second-order valence-electron chi connectivity index (χ2n) is 4.34. The van der Waals surface area contributed by atoms with Crippen LogP contribution in [0.4, 0.5) is 0 Å². The molecular formula is C12H24O4. The average molecular weight is 232 g/mol. The van der Waals surface area contributed by atoms with E-state index in [4.69, 9.17) is 9.84 Å². The first-order valence-corrected chi connectivity index (χ1v) is 6.12. The van der Waals surface area contributed by atoms with Gasteiger partial charge in [0, 0.05) is 13.0 Å². The minimum atomic E-state index is -0.672. The molecule has 0 aromatic carbocycles. The van der Waals surface area contributed by atoms with Gasteiger partial charge in [-0.2, -0.15) is 0 Å². The molecule has 0 amide bonds. The van der Waals surface area contributed by atoms with Crippen molar-refractivity contribution < 1.29 is 20.1 Å². The molecule has 0 bridgehead atoms. The Hall–Kier alpha value is -0.610. The molecule has 1 fully saturated rings. The van der Waals surface area contributed by atoms with E-state index < -0.39 is 5.97 Å². The lowest BCUT2D eigenvalue weighted by atomic mass is 10.1. The van der Waals surface area contributed by atoms with Gasteiger partial charge in [0.25, 0.3) is 0 Å². The molecule has 1 unspecified atom stereocenters. The lowest BCUT2D eigenvalue weighted by molar-refractivity contribution is -0.137. The van der Waals surface area contributed by atoms with Crippen LogP contribution < -0.4 is 0 Å². The van der Waals surface area contributed by atoms with Crippen molar-refractivity contribution in [2.45, 2.75) is 63.9 Å². The van der Waals surface area contributed by atoms with Crippen molar-refractivity contribution in [1.82, 2.24) is 0 Å². The van der Waals surface area contributed by atoms with Crippen LogP contribution in [0.1, 0.15) is 57.8 Å². The van der Waals surface area contributed by atoms with Crippen LogP contribution >= 0.6 is 0 Å². The van der Waals surface area contributed by atoms with Crippen LogP contribution in [0.25, 0.3) is 0 Å². The average Bonchev–Trinajstić information content (AvgIpc) is 2.68. The van der Waals surface area contributed by atoms with E-state index in [0.29, 0.717) is 12.5 Å². The Morgan fingerprint density at radius 1 is 1.19 bits per heavy atom. The fraction of sp³-hybridized carbons (Fsp3) is 0.917. The first-order valence-electron chi connectivity index (χ1n) is 6.12. The van der Waals surface area contributed by atoms with Gasteiger partial charge >= 0.3 is 5.97 Å². The van der Waals surface area contributed by atoms with Crippen LogP contribution in [0, 0.1) is 0 Å². The molecule has 0 aromatic rings. The Morgan fingerprint density at radius 3 is 2.50 bits per heavy atom. The Kier molecular flexibility index (Phi) is 9.24. The van der Waals surface area contributed by atoms with Crippen molar-refractivity contribution >= 4 is 5.97 Å². The molecule has 1 heterocycles. The van der Waals surface area contributed by atoms with Crippen molar-refractivity contribution in [3.8, 4) is 0 Å². The highest BCUT2D eigenvalue weighted by molar-refractivity contribution is 5.66. The number of hydrogen-bond donors (Lipinski definition) is 1. The largest absolute Gasteiger partial charge is 0.481 e. The number of unbranched alkanes of at least 4 members (excludes halogenated alkanes) is 4. The summed E-state index contributed by atoms with van der Waals surface area (Å²) in [4.78, 5) is 10.2. The maximum Gasteiger partial charge on any atom is 0.303 e. The number of aliphatic carboxylic acids is 1. The fourth-order valence-corrected chi connectivity index (χ4v) is 2.05. The molecule has 96 valence electrons. The van der Waals surface area contributed by atoms with E-state index in [-0.39, 0.29) is 5.48 Å². The highest BCUT2D eigenvalue weighted by Gasteiger charge is 2.14. The molecule has 16 heavy (non-hydrogen) atoms. The van der Waals surface area contributed by atoms with E-state index >= 15 is 0 Å². The summed E-state index contributed by atoms with van der Waals surface area (Å²) in [5.41, 5.74) is 0. The SMILES string of the molecule is O.O=C(O)CCCCCCCC1CCCO1. The molecule has 1 atom stereocenters. The summed E-state index contributed by atoms with van der Waals surface area (Å²) in [7, 11) is 0. The first kappa shape index (κ1) is 15.4. The summed E-state index contributed by atoms with van der Waals surface area (Å²) in [6.07, 6.45) is 10.0. The third kappa shape index (κ3) is 7.65. The van der Waals surface area contributed by atoms with Crippen LogP contribution in [-0.2, 0) is 9.53 Å². The lowest BCUT2D eigenvalue weighted by Crippen LogP contribution is -2.03. The molecule has 0 radical (unpaired) electrons. The minimum Gasteiger partial charge on any atom is -0.481 e. The third-order valence-corrected chi connectivity index (χ3v) is 2.94. The van der Waals surface area contributed by atoms with Crippen LogP contribution in [0.3, 0.4) is 0 Å². The topological polar surface area (TPSA) is 78.0 Å². The van der Waals surface area contributed by atoms with Gasteiger partial charge in [0.15, 0.2) is 0 Å². The van der Waals surface area contributed by atoms with Gasteiger partial charge in [0.1, 0.15) is 0 Å². The van der Waals surface area contributed by atoms with Crippen LogP contribution in [0.15, 0.2) is 0 Å². The number of ether oxygens (including phenoxy) is 1. The molecule has 4 heteroatoms. The van der Waals surface area contributed by atoms with Gasteiger partial charge in [-0.1, -0.05) is 25.7 Å². The summed E-state index contributed by atoms with van der Waals surface area (Å²) in [6.45, 7) is 0.948. The molecule has 1 aliphatic rings. The quantitative estimate of drug-likeness (QED) is 0.651. The number of rotatable bonds is 8. The lowest BCUT2D eigenvalue weighted by Gasteiger charge is -2.08. The predicted octanol–water partition coefficient (Wildman–Crippen LogP) is 2.16. The maximum absolute atomic E-state index is 10.2. The Bertz CT molecular complexity index is 176. The van der Waals surface area contributed by atoms with Crippen LogP contribution in [0.5, 0.6) is 0 Å². The monoisotopic (exact) mass is 232 g/mol. The van der Waals surface area contributed by atoms with E-state index in [1.165, 1.54) is 38.5 Å². The van der Waals surface area contributed by atoms with Gasteiger partial charge in [-0.25, -0.2) is 0 Å². The smallest absolute Gasteiger partial charge is 0.303 e. The fourth-order valence-electron chi connectivity index (χ4n) is 2.05. The third-order valence-electron chi connectivity index (χ3n) is 2.94. The van der Waals surface area contributed by atoms with Crippen LogP contribution in [0.2, 0.25) is 0 Å². The summed E-state index contributed by atoms with van der Waals surface area (Å²) >= 11 is 0. The zero-order chi connectivity index (χ0) is 10.9. The van der Waals surface area contributed by atoms with Crippen LogP contribution in [-0.4, -0.2) is 29.3 Å². The Labute approximate surface area is 97.3 Å². The van der Waals surface area contributed by atoms with Crippen molar-refractivity contribution in [3.05, 3.63) is 0 Å². The minimum absolute atomic E-state index is 0. The predicted molar refractivity (Wildman–Crippen MR) is 62.5 cm³/mol. The molecule has 3 N–H and O–H groups in total. The summed E-state index contributed by atoms with van der Waals surface area (Å²) in [6, 6.07) is 0. The van der Waals surface area contributed by atoms with Crippen molar-refractivity contribution in [3.63, 3.8) is 0 Å². The normalized spacial score (nSPS) is 19.4. The summed E-state index contributed by atoms with van der Waals surface area (Å²) < 4.78 is 5.53. The van der Waals surface area contributed by atoms with Crippen molar-refractivity contribution in [2.24, 2.45) is 0 Å². The Balaban J connectivity index is 0.00000225. The van der Waals surface area contributed by atoms with Gasteiger partial charge in [-0.3, -0.25) is 4.79 Å². The summed E-state index contributed by atoms with van der Waals surface area (Å²) in [5.74, 6) is -0.672. The number of carbonyl (C=O) groups is 1. The standard InChI is InChI=1S/C12H22O3.H2O/c13-12(14)9-5-3-1-2-4-7-11-8-6-10-15-11;/h11H,1-10H2,(H,13,14);1H2. The first-order chi connectivity index (χ1) is 7.29. The molecule has 1 aliphatic heterocycles. The second kappa shape index (κ2) is 9.60. The summed E-state index contributed by atoms with van der Waals surface area (Å²) in [5, 5.41) is 8.44. The second-order valence-corrected chi connectivity index (χ2v) is 4.34. The van der Waals surface area contributed by atoms with E-state index in [1.54, 1.807) is 0 Å². The Morgan fingerprint density at radius 2 is 1.88 bits per heavy atom. The molecule has 0 spiro atoms. The zero-order valence-corrected chi connectivity index (χ0v) is 9.91. The highest BCUT2D eigenvalue weighted by atomic mass is 16.5. The molecule has 0 aliphatic carbocycles. The zero-order valence-electron chi connectivity index (χ0n) is 9.91. The highest BCUT2D eigenvalue weighted by Crippen LogP contribution is 2.18. The van der Waals surface area contributed by atoms with Gasteiger partial charge in [-0.05, 0) is 25.7 Å². The van der Waals surface area contributed by atoms with Crippen molar-refractivity contribution in [1.29, 1.82) is 0 Å². The van der Waals surface area contributed by atoms with E-state index in [0.717, 1.165) is 19.4 Å².